The molecule has 0 saturated carbocycles. The van der Waals surface area contributed by atoms with Crippen molar-refractivity contribution in [1.82, 2.24) is 0 Å². The second-order valence-electron chi connectivity index (χ2n) is 6.59. The van der Waals surface area contributed by atoms with Crippen LogP contribution in [0.3, 0.4) is 0 Å². The molecule has 0 saturated heterocycles. The van der Waals surface area contributed by atoms with Crippen molar-refractivity contribution in [1.29, 1.82) is 0 Å². The van der Waals surface area contributed by atoms with Crippen molar-refractivity contribution in [3.8, 4) is 22.8 Å². The maximum atomic E-state index is 14.1. The van der Waals surface area contributed by atoms with Gasteiger partial charge in [-0.2, -0.15) is 0 Å². The topological polar surface area (TPSA) is 71.7 Å². The lowest BCUT2D eigenvalue weighted by molar-refractivity contribution is -0.116. The first-order valence-electron chi connectivity index (χ1n) is 7.99. The van der Waals surface area contributed by atoms with Crippen LogP contribution in [0.15, 0.2) is 22.6 Å². The van der Waals surface area contributed by atoms with Crippen molar-refractivity contribution >= 4 is 36.0 Å². The summed E-state index contributed by atoms with van der Waals surface area (Å²) < 4.78 is 39.4. The minimum absolute atomic E-state index is 0.117. The van der Waals surface area contributed by atoms with E-state index in [2.05, 4.69) is 21.2 Å². The Morgan fingerprint density at radius 1 is 1.31 bits per heavy atom. The van der Waals surface area contributed by atoms with E-state index in [1.54, 1.807) is 0 Å². The zero-order valence-corrected chi connectivity index (χ0v) is 17.2. The molecule has 0 aliphatic heterocycles. The molecule has 0 aliphatic carbocycles. The molecule has 2 aromatic rings. The molecule has 0 fully saturated rings. The lowest BCUT2D eigenvalue weighted by atomic mass is 10.1. The van der Waals surface area contributed by atoms with E-state index in [1.807, 2.05) is 19.6 Å². The summed E-state index contributed by atoms with van der Waals surface area (Å²) in [5.74, 6) is -3.41. The number of anilines is 1. The van der Waals surface area contributed by atoms with Crippen LogP contribution in [-0.4, -0.2) is 24.7 Å². The van der Waals surface area contributed by atoms with E-state index in [0.29, 0.717) is 11.8 Å². The molecule has 1 amide bonds. The maximum absolute atomic E-state index is 14.1. The summed E-state index contributed by atoms with van der Waals surface area (Å²) in [6, 6.07) is 3.30. The van der Waals surface area contributed by atoms with E-state index in [1.165, 1.54) is 6.07 Å². The SMILES string of the molecule is C[Si](C)(C)Oc1c(NC(=O)CCCBr)oc(-c2c(F)cccc2F)c1O. The molecule has 142 valence electrons. The Morgan fingerprint density at radius 3 is 2.46 bits per heavy atom. The monoisotopic (exact) mass is 447 g/mol. The number of amides is 1. The predicted octanol–water partition coefficient (Wildman–Crippen LogP) is 5.26. The summed E-state index contributed by atoms with van der Waals surface area (Å²) in [5.41, 5.74) is -0.522. The molecule has 1 aromatic heterocycles. The van der Waals surface area contributed by atoms with E-state index in [9.17, 15) is 18.7 Å². The van der Waals surface area contributed by atoms with Crippen LogP contribution in [0.4, 0.5) is 14.7 Å². The Bertz CT molecular complexity index is 785. The van der Waals surface area contributed by atoms with Gasteiger partial charge in [-0.05, 0) is 38.2 Å². The molecule has 1 heterocycles. The number of alkyl halides is 1. The molecule has 5 nitrogen and oxygen atoms in total. The van der Waals surface area contributed by atoms with Gasteiger partial charge < -0.3 is 13.9 Å². The van der Waals surface area contributed by atoms with Crippen LogP contribution in [0.5, 0.6) is 11.5 Å². The van der Waals surface area contributed by atoms with Gasteiger partial charge in [-0.15, -0.1) is 0 Å². The highest BCUT2D eigenvalue weighted by Gasteiger charge is 2.30. The van der Waals surface area contributed by atoms with Gasteiger partial charge in [0.25, 0.3) is 0 Å². The highest BCUT2D eigenvalue weighted by atomic mass is 79.9. The molecule has 0 unspecified atom stereocenters. The predicted molar refractivity (Wildman–Crippen MR) is 101 cm³/mol. The Hall–Kier alpha value is -1.87. The number of hydrogen-bond donors (Lipinski definition) is 2. The van der Waals surface area contributed by atoms with Gasteiger partial charge in [0.05, 0.1) is 5.56 Å². The summed E-state index contributed by atoms with van der Waals surface area (Å²) in [6.07, 6.45) is 0.806. The Labute approximate surface area is 159 Å². The Kier molecular flexibility index (Phi) is 6.46. The number of carbonyl (C=O) groups excluding carboxylic acids is 1. The number of nitrogens with one attached hydrogen (secondary N) is 1. The summed E-state index contributed by atoms with van der Waals surface area (Å²) in [7, 11) is -2.22. The van der Waals surface area contributed by atoms with Crippen LogP contribution in [0.1, 0.15) is 12.8 Å². The van der Waals surface area contributed by atoms with Gasteiger partial charge in [-0.25, -0.2) is 8.78 Å². The van der Waals surface area contributed by atoms with E-state index >= 15 is 0 Å². The van der Waals surface area contributed by atoms with Gasteiger partial charge >= 0.3 is 0 Å². The molecule has 0 bridgehead atoms. The molecule has 2 N–H and O–H groups in total. The number of hydrogen-bond acceptors (Lipinski definition) is 4. The minimum atomic E-state index is -2.22. The number of benzene rings is 1. The van der Waals surface area contributed by atoms with E-state index < -0.39 is 37.0 Å². The normalized spacial score (nSPS) is 11.5. The standard InChI is InChI=1S/C17H20BrF2NO4Si/c1-26(2,3)25-16-14(23)15(13-10(19)6-4-7-11(13)20)24-17(16)21-12(22)8-5-9-18/h4,6-7,23H,5,8-9H2,1-3H3,(H,21,22). The molecule has 0 aliphatic rings. The highest BCUT2D eigenvalue weighted by Crippen LogP contribution is 2.48. The smallest absolute Gasteiger partial charge is 0.245 e. The Morgan fingerprint density at radius 2 is 1.92 bits per heavy atom. The molecule has 9 heteroatoms. The maximum Gasteiger partial charge on any atom is 0.245 e. The molecule has 0 atom stereocenters. The second-order valence-corrected chi connectivity index (χ2v) is 11.8. The van der Waals surface area contributed by atoms with Gasteiger partial charge in [-0.1, -0.05) is 22.0 Å². The van der Waals surface area contributed by atoms with Crippen molar-refractivity contribution < 1.29 is 27.5 Å². The molecular weight excluding hydrogens is 428 g/mol. The molecule has 0 radical (unpaired) electrons. The first-order chi connectivity index (χ1) is 12.1. The Balaban J connectivity index is 2.51. The average Bonchev–Trinajstić information content (AvgIpc) is 2.80. The number of rotatable bonds is 7. The fourth-order valence-electron chi connectivity index (χ4n) is 2.19. The minimum Gasteiger partial charge on any atom is -0.538 e. The number of halogens is 3. The molecule has 2 rings (SSSR count). The van der Waals surface area contributed by atoms with Gasteiger partial charge in [0, 0.05) is 11.8 Å². The zero-order chi connectivity index (χ0) is 19.5. The van der Waals surface area contributed by atoms with E-state index in [4.69, 9.17) is 8.84 Å². The third-order valence-electron chi connectivity index (χ3n) is 3.23. The molecule has 26 heavy (non-hydrogen) atoms. The van der Waals surface area contributed by atoms with Crippen molar-refractivity contribution in [3.05, 3.63) is 29.8 Å². The van der Waals surface area contributed by atoms with Gasteiger partial charge in [-0.3, -0.25) is 10.1 Å². The van der Waals surface area contributed by atoms with Crippen LogP contribution in [0.2, 0.25) is 19.6 Å². The van der Waals surface area contributed by atoms with Crippen LogP contribution >= 0.6 is 15.9 Å². The molecule has 0 spiro atoms. The highest BCUT2D eigenvalue weighted by molar-refractivity contribution is 9.09. The van der Waals surface area contributed by atoms with Crippen LogP contribution < -0.4 is 9.74 Å². The first-order valence-corrected chi connectivity index (χ1v) is 12.5. The fourth-order valence-corrected chi connectivity index (χ4v) is 3.27. The van der Waals surface area contributed by atoms with Gasteiger partial charge in [0.1, 0.15) is 11.6 Å². The third kappa shape index (κ3) is 4.85. The van der Waals surface area contributed by atoms with Crippen molar-refractivity contribution in [2.24, 2.45) is 0 Å². The van der Waals surface area contributed by atoms with Crippen molar-refractivity contribution in [2.45, 2.75) is 32.5 Å². The first kappa shape index (κ1) is 20.4. The fraction of sp³-hybridized carbons (Fsp3) is 0.353. The van der Waals surface area contributed by atoms with E-state index in [0.717, 1.165) is 12.1 Å². The van der Waals surface area contributed by atoms with Crippen LogP contribution in [-0.2, 0) is 4.79 Å². The summed E-state index contributed by atoms with van der Waals surface area (Å²) in [4.78, 5) is 12.0. The quantitative estimate of drug-likeness (QED) is 0.448. The number of furan rings is 1. The second kappa shape index (κ2) is 8.21. The lowest BCUT2D eigenvalue weighted by Crippen LogP contribution is -2.29. The summed E-state index contributed by atoms with van der Waals surface area (Å²) in [6.45, 7) is 5.58. The summed E-state index contributed by atoms with van der Waals surface area (Å²) >= 11 is 3.23. The number of aromatic hydroxyl groups is 1. The number of carbonyl (C=O) groups is 1. The zero-order valence-electron chi connectivity index (χ0n) is 14.7. The van der Waals surface area contributed by atoms with Gasteiger partial charge in [0.2, 0.25) is 31.6 Å². The van der Waals surface area contributed by atoms with Crippen molar-refractivity contribution in [2.75, 3.05) is 10.6 Å². The lowest BCUT2D eigenvalue weighted by Gasteiger charge is -2.18. The van der Waals surface area contributed by atoms with Gasteiger partial charge in [0.15, 0.2) is 5.76 Å². The van der Waals surface area contributed by atoms with Crippen molar-refractivity contribution in [3.63, 3.8) is 0 Å². The van der Waals surface area contributed by atoms with Crippen LogP contribution in [0.25, 0.3) is 11.3 Å². The van der Waals surface area contributed by atoms with E-state index in [-0.39, 0.29) is 24.0 Å². The largest absolute Gasteiger partial charge is 0.538 e. The third-order valence-corrected chi connectivity index (χ3v) is 4.61. The molecule has 1 aromatic carbocycles. The summed E-state index contributed by atoms with van der Waals surface area (Å²) in [5, 5.41) is 13.6. The average molecular weight is 448 g/mol. The van der Waals surface area contributed by atoms with Crippen LogP contribution in [0, 0.1) is 11.6 Å². The molecular formula is C17H20BrF2NO4Si.